The van der Waals surface area contributed by atoms with E-state index >= 15 is 0 Å². The van der Waals surface area contributed by atoms with Crippen molar-refractivity contribution < 1.29 is 13.2 Å². The Kier molecular flexibility index (Phi) is 5.60. The average Bonchev–Trinajstić information content (AvgIpc) is 2.93. The molecule has 0 spiro atoms. The molecule has 0 aliphatic rings. The standard InChI is InChI=1S/C13H16N4O3S3/c1-4-21-13-16-15-12(22-13)14-11(18)9-7-5-6-8-10(9)17(2)23(3,19)20/h5-8H,4H2,1-3H3,(H,14,15,18). The predicted molar refractivity (Wildman–Crippen MR) is 93.9 cm³/mol. The van der Waals surface area contributed by atoms with Gasteiger partial charge in [0.15, 0.2) is 4.34 Å². The molecule has 0 atom stereocenters. The van der Waals surface area contributed by atoms with Crippen molar-refractivity contribution >= 4 is 49.8 Å². The van der Waals surface area contributed by atoms with Crippen LogP contribution in [0.3, 0.4) is 0 Å². The molecule has 124 valence electrons. The van der Waals surface area contributed by atoms with Gasteiger partial charge in [0.2, 0.25) is 15.2 Å². The fourth-order valence-corrected chi connectivity index (χ4v) is 3.89. The lowest BCUT2D eigenvalue weighted by atomic mass is 10.1. The summed E-state index contributed by atoms with van der Waals surface area (Å²) in [5, 5.41) is 10.9. The highest BCUT2D eigenvalue weighted by atomic mass is 32.2. The third-order valence-corrected chi connectivity index (χ3v) is 5.93. The molecule has 1 aromatic heterocycles. The van der Waals surface area contributed by atoms with Crippen molar-refractivity contribution in [1.29, 1.82) is 0 Å². The van der Waals surface area contributed by atoms with Gasteiger partial charge in [-0.1, -0.05) is 42.2 Å². The summed E-state index contributed by atoms with van der Waals surface area (Å²) in [6.07, 6.45) is 1.08. The quantitative estimate of drug-likeness (QED) is 0.618. The van der Waals surface area contributed by atoms with Crippen molar-refractivity contribution in [2.45, 2.75) is 11.3 Å². The number of anilines is 2. The highest BCUT2D eigenvalue weighted by molar-refractivity contribution is 8.01. The molecule has 7 nitrogen and oxygen atoms in total. The molecule has 0 saturated heterocycles. The fourth-order valence-electron chi connectivity index (χ4n) is 1.73. The number of nitrogens with one attached hydrogen (secondary N) is 1. The molecule has 10 heteroatoms. The Labute approximate surface area is 143 Å². The molecule has 0 aliphatic heterocycles. The van der Waals surface area contributed by atoms with Crippen LogP contribution < -0.4 is 9.62 Å². The van der Waals surface area contributed by atoms with Crippen molar-refractivity contribution in [1.82, 2.24) is 10.2 Å². The maximum absolute atomic E-state index is 12.4. The Bertz CT molecular complexity index is 804. The molecule has 2 rings (SSSR count). The van der Waals surface area contributed by atoms with Gasteiger partial charge < -0.3 is 0 Å². The first kappa shape index (κ1) is 17.7. The molecule has 1 N–H and O–H groups in total. The Hall–Kier alpha value is -1.65. The molecule has 23 heavy (non-hydrogen) atoms. The maximum Gasteiger partial charge on any atom is 0.259 e. The summed E-state index contributed by atoms with van der Waals surface area (Å²) in [5.74, 6) is 0.435. The van der Waals surface area contributed by atoms with Crippen molar-refractivity contribution in [3.05, 3.63) is 29.8 Å². The molecule has 0 unspecified atom stereocenters. The van der Waals surface area contributed by atoms with Gasteiger partial charge in [-0.3, -0.25) is 14.4 Å². The normalized spacial score (nSPS) is 11.3. The predicted octanol–water partition coefficient (Wildman–Crippen LogP) is 2.30. The number of rotatable bonds is 6. The van der Waals surface area contributed by atoms with Crippen molar-refractivity contribution in [3.63, 3.8) is 0 Å². The van der Waals surface area contributed by atoms with E-state index in [1.807, 2.05) is 6.92 Å². The number of amides is 1. The number of para-hydroxylation sites is 1. The van der Waals surface area contributed by atoms with Crippen LogP contribution in [0.5, 0.6) is 0 Å². The molecule has 0 radical (unpaired) electrons. The number of carbonyl (C=O) groups is 1. The van der Waals surface area contributed by atoms with E-state index in [4.69, 9.17) is 0 Å². The molecule has 0 aliphatic carbocycles. The molecule has 1 aromatic carbocycles. The minimum absolute atomic E-state index is 0.250. The lowest BCUT2D eigenvalue weighted by molar-refractivity contribution is 0.102. The van der Waals surface area contributed by atoms with Crippen LogP contribution in [-0.4, -0.2) is 43.6 Å². The Morgan fingerprint density at radius 3 is 2.70 bits per heavy atom. The first-order valence-electron chi connectivity index (χ1n) is 6.63. The largest absolute Gasteiger partial charge is 0.296 e. The summed E-state index contributed by atoms with van der Waals surface area (Å²) in [6, 6.07) is 6.49. The van der Waals surface area contributed by atoms with E-state index < -0.39 is 15.9 Å². The van der Waals surface area contributed by atoms with E-state index in [1.54, 1.807) is 24.3 Å². The zero-order chi connectivity index (χ0) is 17.0. The molecule has 1 amide bonds. The third-order valence-electron chi connectivity index (χ3n) is 2.88. The minimum Gasteiger partial charge on any atom is -0.296 e. The molecule has 2 aromatic rings. The molecular weight excluding hydrogens is 356 g/mol. The third kappa shape index (κ3) is 4.43. The minimum atomic E-state index is -3.46. The van der Waals surface area contributed by atoms with E-state index in [0.717, 1.165) is 20.7 Å². The summed E-state index contributed by atoms with van der Waals surface area (Å²) < 4.78 is 25.3. The van der Waals surface area contributed by atoms with Crippen LogP contribution >= 0.6 is 23.1 Å². The summed E-state index contributed by atoms with van der Waals surface area (Å²) in [5.41, 5.74) is 0.556. The second-order valence-electron chi connectivity index (χ2n) is 4.51. The van der Waals surface area contributed by atoms with Crippen LogP contribution in [0.2, 0.25) is 0 Å². The van der Waals surface area contributed by atoms with Gasteiger partial charge in [0, 0.05) is 7.05 Å². The number of hydrogen-bond acceptors (Lipinski definition) is 7. The zero-order valence-electron chi connectivity index (χ0n) is 12.8. The number of thioether (sulfide) groups is 1. The van der Waals surface area contributed by atoms with E-state index in [0.29, 0.717) is 10.8 Å². The molecule has 1 heterocycles. The van der Waals surface area contributed by atoms with Gasteiger partial charge >= 0.3 is 0 Å². The summed E-state index contributed by atoms with van der Waals surface area (Å²) in [6.45, 7) is 2.00. The molecular formula is C13H16N4O3S3. The van der Waals surface area contributed by atoms with Gasteiger partial charge in [0.05, 0.1) is 17.5 Å². The zero-order valence-corrected chi connectivity index (χ0v) is 15.3. The van der Waals surface area contributed by atoms with Gasteiger partial charge in [0.1, 0.15) is 0 Å². The van der Waals surface area contributed by atoms with Crippen molar-refractivity contribution in [2.24, 2.45) is 0 Å². The van der Waals surface area contributed by atoms with E-state index in [2.05, 4.69) is 15.5 Å². The van der Waals surface area contributed by atoms with E-state index in [1.165, 1.54) is 30.1 Å². The highest BCUT2D eigenvalue weighted by Crippen LogP contribution is 2.27. The number of sulfonamides is 1. The Morgan fingerprint density at radius 2 is 2.04 bits per heavy atom. The number of hydrogen-bond donors (Lipinski definition) is 1. The first-order chi connectivity index (χ1) is 10.8. The summed E-state index contributed by atoms with van der Waals surface area (Å²) in [4.78, 5) is 12.4. The number of nitrogens with zero attached hydrogens (tertiary/aromatic N) is 3. The number of benzene rings is 1. The Morgan fingerprint density at radius 1 is 1.35 bits per heavy atom. The van der Waals surface area contributed by atoms with Crippen molar-refractivity contribution in [3.8, 4) is 0 Å². The van der Waals surface area contributed by atoms with Gasteiger partial charge in [-0.25, -0.2) is 8.42 Å². The highest BCUT2D eigenvalue weighted by Gasteiger charge is 2.20. The topological polar surface area (TPSA) is 92.3 Å². The monoisotopic (exact) mass is 372 g/mol. The Balaban J connectivity index is 2.25. The molecule has 0 saturated carbocycles. The molecule has 0 bridgehead atoms. The number of aromatic nitrogens is 2. The van der Waals surface area contributed by atoms with Gasteiger partial charge in [-0.05, 0) is 17.9 Å². The maximum atomic E-state index is 12.4. The van der Waals surface area contributed by atoms with Crippen LogP contribution in [0.4, 0.5) is 10.8 Å². The molecule has 0 fully saturated rings. The first-order valence-corrected chi connectivity index (χ1v) is 10.3. The second-order valence-corrected chi connectivity index (χ2v) is 9.01. The smallest absolute Gasteiger partial charge is 0.259 e. The van der Waals surface area contributed by atoms with Gasteiger partial charge in [0.25, 0.3) is 5.91 Å². The average molecular weight is 372 g/mol. The van der Waals surface area contributed by atoms with Gasteiger partial charge in [-0.2, -0.15) is 0 Å². The SMILES string of the molecule is CCSc1nnc(NC(=O)c2ccccc2N(C)S(C)(=O)=O)s1. The van der Waals surface area contributed by atoms with Crippen LogP contribution in [0.1, 0.15) is 17.3 Å². The summed E-state index contributed by atoms with van der Waals surface area (Å²) in [7, 11) is -2.06. The van der Waals surface area contributed by atoms with Crippen molar-refractivity contribution in [2.75, 3.05) is 28.7 Å². The fraction of sp³-hybridized carbons (Fsp3) is 0.308. The van der Waals surface area contributed by atoms with Crippen LogP contribution in [0.25, 0.3) is 0 Å². The van der Waals surface area contributed by atoms with Crippen LogP contribution in [-0.2, 0) is 10.0 Å². The van der Waals surface area contributed by atoms with Crippen LogP contribution in [0.15, 0.2) is 28.6 Å². The summed E-state index contributed by atoms with van der Waals surface area (Å²) >= 11 is 2.81. The second kappa shape index (κ2) is 7.28. The lowest BCUT2D eigenvalue weighted by Crippen LogP contribution is -2.27. The van der Waals surface area contributed by atoms with E-state index in [9.17, 15) is 13.2 Å². The van der Waals surface area contributed by atoms with Gasteiger partial charge in [-0.15, -0.1) is 10.2 Å². The lowest BCUT2D eigenvalue weighted by Gasteiger charge is -2.19. The van der Waals surface area contributed by atoms with Crippen LogP contribution in [0, 0.1) is 0 Å². The van der Waals surface area contributed by atoms with E-state index in [-0.39, 0.29) is 5.56 Å². The number of carbonyl (C=O) groups excluding carboxylic acids is 1.